The lowest BCUT2D eigenvalue weighted by Crippen LogP contribution is -2.15. The van der Waals surface area contributed by atoms with E-state index in [1.54, 1.807) is 38.1 Å². The van der Waals surface area contributed by atoms with Crippen LogP contribution in [0.15, 0.2) is 24.3 Å². The molecule has 8 heteroatoms. The number of nitrogens with zero attached hydrogens (tertiary/aromatic N) is 2. The average Bonchev–Trinajstić information content (AvgIpc) is 2.75. The Morgan fingerprint density at radius 3 is 2.68 bits per heavy atom. The largest absolute Gasteiger partial charge is 0.469 e. The Bertz CT molecular complexity index is 986. The third-order valence-electron chi connectivity index (χ3n) is 4.66. The number of nitriles is 1. The molecular formula is C23H26ClN3O4. The molecule has 0 unspecified atom stereocenters. The van der Waals surface area contributed by atoms with E-state index < -0.39 is 5.97 Å². The fourth-order valence-electron chi connectivity index (χ4n) is 3.21. The molecule has 0 aliphatic carbocycles. The maximum absolute atomic E-state index is 12.7. The summed E-state index contributed by atoms with van der Waals surface area (Å²) in [4.78, 5) is 28.3. The molecule has 7 nitrogen and oxygen atoms in total. The van der Waals surface area contributed by atoms with Crippen LogP contribution in [0.2, 0.25) is 5.02 Å². The van der Waals surface area contributed by atoms with Crippen LogP contribution in [0.3, 0.4) is 0 Å². The van der Waals surface area contributed by atoms with Gasteiger partial charge in [0.15, 0.2) is 0 Å². The van der Waals surface area contributed by atoms with Crippen LogP contribution < -0.4 is 5.32 Å². The van der Waals surface area contributed by atoms with Gasteiger partial charge in [-0.25, -0.2) is 9.78 Å². The first kappa shape index (κ1) is 24.2. The summed E-state index contributed by atoms with van der Waals surface area (Å²) in [5.41, 5.74) is 2.05. The van der Waals surface area contributed by atoms with E-state index in [2.05, 4.69) is 21.1 Å². The number of benzene rings is 1. The summed E-state index contributed by atoms with van der Waals surface area (Å²) in [7, 11) is 1.37. The van der Waals surface area contributed by atoms with Gasteiger partial charge in [0, 0.05) is 23.6 Å². The molecule has 0 aliphatic rings. The van der Waals surface area contributed by atoms with Crippen molar-refractivity contribution in [1.82, 2.24) is 4.98 Å². The standard InChI is InChI=1S/C23H26ClN3O4/c1-4-31-23(29)20-15(2)27-22(26-12-7-5-6-11-19(28)30-3)18(14-25)21(20)16-9-8-10-17(24)13-16/h8-10,13H,4-7,11-12H2,1-3H3,(H,26,27). The summed E-state index contributed by atoms with van der Waals surface area (Å²) in [6, 6.07) is 9.17. The highest BCUT2D eigenvalue weighted by Crippen LogP contribution is 2.34. The average molecular weight is 444 g/mol. The molecule has 1 aromatic carbocycles. The smallest absolute Gasteiger partial charge is 0.340 e. The van der Waals surface area contributed by atoms with E-state index in [1.807, 2.05) is 0 Å². The van der Waals surface area contributed by atoms with Gasteiger partial charge < -0.3 is 14.8 Å². The summed E-state index contributed by atoms with van der Waals surface area (Å²) < 4.78 is 9.85. The molecule has 31 heavy (non-hydrogen) atoms. The minimum absolute atomic E-state index is 0.209. The Morgan fingerprint density at radius 1 is 1.26 bits per heavy atom. The van der Waals surface area contributed by atoms with Crippen molar-refractivity contribution in [2.45, 2.75) is 39.5 Å². The van der Waals surface area contributed by atoms with Crippen LogP contribution in [0.25, 0.3) is 11.1 Å². The lowest BCUT2D eigenvalue weighted by atomic mass is 9.94. The van der Waals surface area contributed by atoms with Crippen molar-refractivity contribution in [2.24, 2.45) is 0 Å². The number of unbranched alkanes of at least 4 members (excludes halogenated alkanes) is 2. The third kappa shape index (κ3) is 6.43. The van der Waals surface area contributed by atoms with E-state index in [0.29, 0.717) is 40.6 Å². The number of anilines is 1. The van der Waals surface area contributed by atoms with Gasteiger partial charge in [-0.3, -0.25) is 4.79 Å². The highest BCUT2D eigenvalue weighted by atomic mass is 35.5. The van der Waals surface area contributed by atoms with Crippen molar-refractivity contribution in [3.8, 4) is 17.2 Å². The molecule has 0 spiro atoms. The number of nitrogens with one attached hydrogen (secondary N) is 1. The number of esters is 2. The molecule has 0 saturated heterocycles. The second-order valence-corrected chi connectivity index (χ2v) is 7.26. The summed E-state index contributed by atoms with van der Waals surface area (Å²) >= 11 is 6.16. The number of aromatic nitrogens is 1. The molecule has 0 atom stereocenters. The van der Waals surface area contributed by atoms with Crippen LogP contribution in [-0.2, 0) is 14.3 Å². The molecule has 2 aromatic rings. The van der Waals surface area contributed by atoms with Crippen molar-refractivity contribution in [3.05, 3.63) is 46.1 Å². The van der Waals surface area contributed by atoms with Gasteiger partial charge in [0.1, 0.15) is 17.5 Å². The summed E-state index contributed by atoms with van der Waals surface area (Å²) in [6.07, 6.45) is 2.71. The zero-order valence-corrected chi connectivity index (χ0v) is 18.7. The number of methoxy groups -OCH3 is 1. The van der Waals surface area contributed by atoms with Gasteiger partial charge in [0.2, 0.25) is 0 Å². The number of rotatable bonds is 10. The summed E-state index contributed by atoms with van der Waals surface area (Å²) in [5.74, 6) is -0.359. The van der Waals surface area contributed by atoms with E-state index in [1.165, 1.54) is 7.11 Å². The molecule has 164 valence electrons. The van der Waals surface area contributed by atoms with E-state index >= 15 is 0 Å². The van der Waals surface area contributed by atoms with Gasteiger partial charge >= 0.3 is 11.9 Å². The zero-order valence-electron chi connectivity index (χ0n) is 18.0. The molecule has 0 radical (unpaired) electrons. The maximum Gasteiger partial charge on any atom is 0.340 e. The number of hydrogen-bond donors (Lipinski definition) is 1. The molecule has 1 N–H and O–H groups in total. The first-order chi connectivity index (χ1) is 14.9. The second-order valence-electron chi connectivity index (χ2n) is 6.83. The Hall–Kier alpha value is -3.11. The van der Waals surface area contributed by atoms with Crippen LogP contribution in [0.4, 0.5) is 5.82 Å². The lowest BCUT2D eigenvalue weighted by Gasteiger charge is -2.17. The molecule has 0 bridgehead atoms. The first-order valence-corrected chi connectivity index (χ1v) is 10.5. The van der Waals surface area contributed by atoms with Crippen LogP contribution in [0.5, 0.6) is 0 Å². The Kier molecular flexibility index (Phi) is 9.29. The van der Waals surface area contributed by atoms with Gasteiger partial charge in [0.25, 0.3) is 0 Å². The van der Waals surface area contributed by atoms with Gasteiger partial charge in [-0.05, 0) is 44.4 Å². The normalized spacial score (nSPS) is 10.3. The lowest BCUT2D eigenvalue weighted by molar-refractivity contribution is -0.140. The second kappa shape index (κ2) is 11.9. The molecule has 1 aromatic heterocycles. The first-order valence-electron chi connectivity index (χ1n) is 10.1. The minimum atomic E-state index is -0.534. The van der Waals surface area contributed by atoms with Crippen LogP contribution >= 0.6 is 11.6 Å². The van der Waals surface area contributed by atoms with Gasteiger partial charge in [-0.15, -0.1) is 0 Å². The predicted octanol–water partition coefficient (Wildman–Crippen LogP) is 4.90. The number of pyridine rings is 1. The topological polar surface area (TPSA) is 101 Å². The fraction of sp³-hybridized carbons (Fsp3) is 0.391. The van der Waals surface area contributed by atoms with Crippen molar-refractivity contribution in [1.29, 1.82) is 5.26 Å². The van der Waals surface area contributed by atoms with E-state index in [0.717, 1.165) is 19.3 Å². The number of carbonyl (C=O) groups is 2. The fourth-order valence-corrected chi connectivity index (χ4v) is 3.40. The quantitative estimate of drug-likeness (QED) is 0.411. The van der Waals surface area contributed by atoms with Crippen molar-refractivity contribution >= 4 is 29.4 Å². The minimum Gasteiger partial charge on any atom is -0.469 e. The van der Waals surface area contributed by atoms with Gasteiger partial charge in [-0.2, -0.15) is 5.26 Å². The molecule has 0 amide bonds. The Morgan fingerprint density at radius 2 is 2.03 bits per heavy atom. The Balaban J connectivity index is 2.35. The number of halogens is 1. The highest BCUT2D eigenvalue weighted by Gasteiger charge is 2.25. The highest BCUT2D eigenvalue weighted by molar-refractivity contribution is 6.30. The molecule has 0 saturated carbocycles. The molecular weight excluding hydrogens is 418 g/mol. The van der Waals surface area contributed by atoms with Gasteiger partial charge in [0.05, 0.1) is 25.0 Å². The monoisotopic (exact) mass is 443 g/mol. The van der Waals surface area contributed by atoms with Crippen molar-refractivity contribution in [3.63, 3.8) is 0 Å². The van der Waals surface area contributed by atoms with Crippen LogP contribution in [0, 0.1) is 18.3 Å². The number of hydrogen-bond acceptors (Lipinski definition) is 7. The molecule has 0 fully saturated rings. The number of ether oxygens (including phenoxy) is 2. The maximum atomic E-state index is 12.7. The van der Waals surface area contributed by atoms with Gasteiger partial charge in [-0.1, -0.05) is 30.2 Å². The number of carbonyl (C=O) groups excluding carboxylic acids is 2. The molecule has 1 heterocycles. The molecule has 0 aliphatic heterocycles. The molecule has 2 rings (SSSR count). The van der Waals surface area contributed by atoms with Crippen molar-refractivity contribution < 1.29 is 19.1 Å². The van der Waals surface area contributed by atoms with E-state index in [9.17, 15) is 14.9 Å². The SMILES string of the molecule is CCOC(=O)c1c(C)nc(NCCCCCC(=O)OC)c(C#N)c1-c1cccc(Cl)c1. The van der Waals surface area contributed by atoms with E-state index in [-0.39, 0.29) is 23.7 Å². The number of aryl methyl sites for hydroxylation is 1. The summed E-state index contributed by atoms with van der Waals surface area (Å²) in [5, 5.41) is 13.6. The Labute approximate surface area is 187 Å². The third-order valence-corrected chi connectivity index (χ3v) is 4.90. The predicted molar refractivity (Wildman–Crippen MR) is 119 cm³/mol. The summed E-state index contributed by atoms with van der Waals surface area (Å²) in [6.45, 7) is 4.21. The van der Waals surface area contributed by atoms with Crippen LogP contribution in [0.1, 0.15) is 54.2 Å². The van der Waals surface area contributed by atoms with Crippen LogP contribution in [-0.4, -0.2) is 37.2 Å². The van der Waals surface area contributed by atoms with E-state index in [4.69, 9.17) is 16.3 Å². The van der Waals surface area contributed by atoms with Crippen molar-refractivity contribution in [2.75, 3.05) is 25.6 Å². The zero-order chi connectivity index (χ0) is 22.8.